The summed E-state index contributed by atoms with van der Waals surface area (Å²) in [5.74, 6) is 0.946. The van der Waals surface area contributed by atoms with Crippen molar-refractivity contribution in [2.24, 2.45) is 0 Å². The van der Waals surface area contributed by atoms with Crippen LogP contribution >= 0.6 is 0 Å². The summed E-state index contributed by atoms with van der Waals surface area (Å²) in [6.45, 7) is 0.482. The third kappa shape index (κ3) is 5.57. The SMILES string of the molecule is O=C(CNc1ccccc1Oc1ccccc1)NCCc1ccccc1F. The number of benzene rings is 3. The van der Waals surface area contributed by atoms with Gasteiger partial charge >= 0.3 is 0 Å². The van der Waals surface area contributed by atoms with Crippen molar-refractivity contribution in [3.63, 3.8) is 0 Å². The number of hydrogen-bond donors (Lipinski definition) is 2. The quantitative estimate of drug-likeness (QED) is 0.623. The number of halogens is 1. The van der Waals surface area contributed by atoms with E-state index < -0.39 is 0 Å². The molecular weight excluding hydrogens is 343 g/mol. The normalized spacial score (nSPS) is 10.3. The maximum atomic E-state index is 13.6. The number of ether oxygens (including phenoxy) is 1. The van der Waals surface area contributed by atoms with Crippen LogP contribution in [0.3, 0.4) is 0 Å². The van der Waals surface area contributed by atoms with Gasteiger partial charge in [0.15, 0.2) is 5.75 Å². The van der Waals surface area contributed by atoms with Crippen molar-refractivity contribution < 1.29 is 13.9 Å². The predicted octanol–water partition coefficient (Wildman–Crippen LogP) is 4.39. The summed E-state index contributed by atoms with van der Waals surface area (Å²) in [5, 5.41) is 5.87. The van der Waals surface area contributed by atoms with Crippen molar-refractivity contribution in [3.05, 3.63) is 90.2 Å². The van der Waals surface area contributed by atoms with Crippen LogP contribution in [-0.2, 0) is 11.2 Å². The fourth-order valence-electron chi connectivity index (χ4n) is 2.59. The van der Waals surface area contributed by atoms with Gasteiger partial charge in [-0.05, 0) is 42.3 Å². The summed E-state index contributed by atoms with van der Waals surface area (Å²) in [6, 6.07) is 23.5. The molecule has 5 heteroatoms. The number of amides is 1. The minimum atomic E-state index is -0.253. The number of rotatable bonds is 8. The zero-order valence-corrected chi connectivity index (χ0v) is 14.8. The van der Waals surface area contributed by atoms with Gasteiger partial charge < -0.3 is 15.4 Å². The predicted molar refractivity (Wildman–Crippen MR) is 105 cm³/mol. The smallest absolute Gasteiger partial charge is 0.239 e. The molecule has 0 bridgehead atoms. The second kappa shape index (κ2) is 9.38. The average molecular weight is 364 g/mol. The molecule has 0 heterocycles. The van der Waals surface area contributed by atoms with Gasteiger partial charge in [0.2, 0.25) is 5.91 Å². The maximum Gasteiger partial charge on any atom is 0.239 e. The second-order valence-corrected chi connectivity index (χ2v) is 5.96. The molecule has 0 fully saturated rings. The highest BCUT2D eigenvalue weighted by Crippen LogP contribution is 2.28. The van der Waals surface area contributed by atoms with E-state index in [9.17, 15) is 9.18 Å². The van der Waals surface area contributed by atoms with E-state index in [4.69, 9.17) is 4.74 Å². The highest BCUT2D eigenvalue weighted by molar-refractivity contribution is 5.81. The largest absolute Gasteiger partial charge is 0.455 e. The van der Waals surface area contributed by atoms with Crippen LogP contribution in [0.15, 0.2) is 78.9 Å². The molecule has 1 amide bonds. The fourth-order valence-corrected chi connectivity index (χ4v) is 2.59. The van der Waals surface area contributed by atoms with Gasteiger partial charge in [-0.2, -0.15) is 0 Å². The standard InChI is InChI=1S/C22H21FN2O2/c23-19-11-5-4-8-17(19)14-15-24-22(26)16-25-20-12-6-7-13-21(20)27-18-9-2-1-3-10-18/h1-13,25H,14-16H2,(H,24,26). The van der Waals surface area contributed by atoms with Gasteiger partial charge in [-0.1, -0.05) is 48.5 Å². The monoisotopic (exact) mass is 364 g/mol. The second-order valence-electron chi connectivity index (χ2n) is 5.96. The lowest BCUT2D eigenvalue weighted by Crippen LogP contribution is -2.31. The van der Waals surface area contributed by atoms with Gasteiger partial charge in [0, 0.05) is 6.54 Å². The lowest BCUT2D eigenvalue weighted by molar-refractivity contribution is -0.119. The highest BCUT2D eigenvalue weighted by atomic mass is 19.1. The van der Waals surface area contributed by atoms with E-state index in [2.05, 4.69) is 10.6 Å². The van der Waals surface area contributed by atoms with Crippen LogP contribution in [0, 0.1) is 5.82 Å². The molecule has 3 rings (SSSR count). The first-order chi connectivity index (χ1) is 13.2. The van der Waals surface area contributed by atoms with Gasteiger partial charge in [0.1, 0.15) is 11.6 Å². The van der Waals surface area contributed by atoms with Gasteiger partial charge in [-0.25, -0.2) is 4.39 Å². The molecular formula is C22H21FN2O2. The van der Waals surface area contributed by atoms with Gasteiger partial charge in [-0.3, -0.25) is 4.79 Å². The van der Waals surface area contributed by atoms with Crippen LogP contribution < -0.4 is 15.4 Å². The highest BCUT2D eigenvalue weighted by Gasteiger charge is 2.07. The minimum absolute atomic E-state index is 0.104. The third-order valence-electron chi connectivity index (χ3n) is 3.97. The molecule has 2 N–H and O–H groups in total. The van der Waals surface area contributed by atoms with Gasteiger partial charge in [0.25, 0.3) is 0 Å². The molecule has 0 aliphatic heterocycles. The molecule has 0 saturated heterocycles. The number of nitrogens with one attached hydrogen (secondary N) is 2. The van der Waals surface area contributed by atoms with Crippen molar-refractivity contribution in [2.75, 3.05) is 18.4 Å². The summed E-state index contributed by atoms with van der Waals surface area (Å²) in [7, 11) is 0. The maximum absolute atomic E-state index is 13.6. The van der Waals surface area contributed by atoms with Crippen molar-refractivity contribution in [2.45, 2.75) is 6.42 Å². The Morgan fingerprint density at radius 1 is 0.889 bits per heavy atom. The van der Waals surface area contributed by atoms with Crippen LogP contribution in [-0.4, -0.2) is 19.0 Å². The number of hydrogen-bond acceptors (Lipinski definition) is 3. The molecule has 0 aromatic heterocycles. The van der Waals surface area contributed by atoms with E-state index in [0.717, 1.165) is 11.4 Å². The number of anilines is 1. The first-order valence-corrected chi connectivity index (χ1v) is 8.78. The lowest BCUT2D eigenvalue weighted by atomic mass is 10.1. The van der Waals surface area contributed by atoms with E-state index in [0.29, 0.717) is 24.3 Å². The Labute approximate surface area is 158 Å². The van der Waals surface area contributed by atoms with Crippen molar-refractivity contribution in [1.29, 1.82) is 0 Å². The zero-order valence-electron chi connectivity index (χ0n) is 14.8. The fraction of sp³-hybridized carbons (Fsp3) is 0.136. The Bertz CT molecular complexity index is 884. The minimum Gasteiger partial charge on any atom is -0.455 e. The number of carbonyl (C=O) groups is 1. The summed E-state index contributed by atoms with van der Waals surface area (Å²) in [6.07, 6.45) is 0.451. The average Bonchev–Trinajstić information content (AvgIpc) is 2.70. The molecule has 0 aliphatic rings. The Morgan fingerprint density at radius 3 is 2.41 bits per heavy atom. The van der Waals surface area contributed by atoms with Crippen LogP contribution in [0.1, 0.15) is 5.56 Å². The lowest BCUT2D eigenvalue weighted by Gasteiger charge is -2.13. The van der Waals surface area contributed by atoms with E-state index in [1.54, 1.807) is 18.2 Å². The molecule has 0 unspecified atom stereocenters. The molecule has 27 heavy (non-hydrogen) atoms. The molecule has 4 nitrogen and oxygen atoms in total. The third-order valence-corrected chi connectivity index (χ3v) is 3.97. The van der Waals surface area contributed by atoms with Crippen molar-refractivity contribution >= 4 is 11.6 Å². The van der Waals surface area contributed by atoms with Gasteiger partial charge in [0.05, 0.1) is 12.2 Å². The van der Waals surface area contributed by atoms with E-state index in [-0.39, 0.29) is 18.3 Å². The van der Waals surface area contributed by atoms with Crippen molar-refractivity contribution in [3.8, 4) is 11.5 Å². The Morgan fingerprint density at radius 2 is 1.59 bits per heavy atom. The van der Waals surface area contributed by atoms with Crippen LogP contribution in [0.2, 0.25) is 0 Å². The molecule has 3 aromatic rings. The van der Waals surface area contributed by atoms with Crippen LogP contribution in [0.5, 0.6) is 11.5 Å². The topological polar surface area (TPSA) is 50.4 Å². The van der Waals surface area contributed by atoms with Crippen molar-refractivity contribution in [1.82, 2.24) is 5.32 Å². The first kappa shape index (κ1) is 18.5. The molecule has 0 saturated carbocycles. The molecule has 0 spiro atoms. The first-order valence-electron chi connectivity index (χ1n) is 8.78. The molecule has 0 radical (unpaired) electrons. The zero-order chi connectivity index (χ0) is 18.9. The van der Waals surface area contributed by atoms with Crippen LogP contribution in [0.4, 0.5) is 10.1 Å². The Kier molecular flexibility index (Phi) is 6.41. The number of para-hydroxylation sites is 3. The summed E-state index contributed by atoms with van der Waals surface area (Å²) < 4.78 is 19.4. The molecule has 0 aliphatic carbocycles. The summed E-state index contributed by atoms with van der Waals surface area (Å²) in [4.78, 5) is 12.1. The Hall–Kier alpha value is -3.34. The van der Waals surface area contributed by atoms with E-state index in [1.807, 2.05) is 54.6 Å². The van der Waals surface area contributed by atoms with Gasteiger partial charge in [-0.15, -0.1) is 0 Å². The molecule has 138 valence electrons. The molecule has 3 aromatic carbocycles. The summed E-state index contributed by atoms with van der Waals surface area (Å²) >= 11 is 0. The Balaban J connectivity index is 1.49. The molecule has 0 atom stereocenters. The van der Waals surface area contributed by atoms with E-state index >= 15 is 0 Å². The van der Waals surface area contributed by atoms with Crippen LogP contribution in [0.25, 0.3) is 0 Å². The van der Waals surface area contributed by atoms with E-state index in [1.165, 1.54) is 6.07 Å². The summed E-state index contributed by atoms with van der Waals surface area (Å²) in [5.41, 5.74) is 1.32. The number of carbonyl (C=O) groups excluding carboxylic acids is 1.